The van der Waals surface area contributed by atoms with Gasteiger partial charge in [-0.05, 0) is 26.6 Å². The van der Waals surface area contributed by atoms with Crippen LogP contribution in [0.5, 0.6) is 0 Å². The maximum absolute atomic E-state index is 5.78. The van der Waals surface area contributed by atoms with Crippen molar-refractivity contribution in [2.45, 2.75) is 33.0 Å². The molecule has 74 valence electrons. The highest BCUT2D eigenvalue weighted by Crippen LogP contribution is 2.13. The summed E-state index contributed by atoms with van der Waals surface area (Å²) in [6, 6.07) is 0. The van der Waals surface area contributed by atoms with Gasteiger partial charge in [0.15, 0.2) is 8.32 Å². The molecule has 2 nitrogen and oxygen atoms in total. The zero-order valence-electron chi connectivity index (χ0n) is 8.76. The van der Waals surface area contributed by atoms with Crippen molar-refractivity contribution in [1.82, 2.24) is 4.98 Å². The van der Waals surface area contributed by atoms with Crippen LogP contribution >= 0.6 is 11.3 Å². The Morgan fingerprint density at radius 2 is 2.15 bits per heavy atom. The number of aryl methyl sites for hydroxylation is 1. The predicted molar refractivity (Wildman–Crippen MR) is 59.9 cm³/mol. The second-order valence-corrected chi connectivity index (χ2v) is 9.52. The molecule has 1 heterocycles. The van der Waals surface area contributed by atoms with Crippen LogP contribution in [-0.4, -0.2) is 19.9 Å². The molecule has 0 aliphatic carbocycles. The maximum Gasteiger partial charge on any atom is 0.183 e. The summed E-state index contributed by atoms with van der Waals surface area (Å²) in [7, 11) is -1.32. The Morgan fingerprint density at radius 1 is 1.46 bits per heavy atom. The molecule has 0 amide bonds. The highest BCUT2D eigenvalue weighted by molar-refractivity contribution is 7.09. The first-order chi connectivity index (χ1) is 5.99. The van der Waals surface area contributed by atoms with Crippen LogP contribution in [0.4, 0.5) is 0 Å². The lowest BCUT2D eigenvalue weighted by Crippen LogP contribution is -2.26. The minimum absolute atomic E-state index is 0.846. The largest absolute Gasteiger partial charge is 0.417 e. The first-order valence-corrected chi connectivity index (χ1v) is 8.81. The van der Waals surface area contributed by atoms with Crippen molar-refractivity contribution in [3.8, 4) is 0 Å². The van der Waals surface area contributed by atoms with Crippen molar-refractivity contribution < 1.29 is 4.43 Å². The van der Waals surface area contributed by atoms with Gasteiger partial charge in [0.2, 0.25) is 0 Å². The van der Waals surface area contributed by atoms with Gasteiger partial charge < -0.3 is 4.43 Å². The summed E-state index contributed by atoms with van der Waals surface area (Å²) < 4.78 is 5.78. The SMILES string of the molecule is Cc1ncsc1CCO[Si](C)(C)C. The fourth-order valence-electron chi connectivity index (χ4n) is 1.02. The summed E-state index contributed by atoms with van der Waals surface area (Å²) in [5.41, 5.74) is 3.06. The number of rotatable bonds is 4. The van der Waals surface area contributed by atoms with Gasteiger partial charge in [0.05, 0.1) is 11.2 Å². The zero-order chi connectivity index (χ0) is 9.90. The van der Waals surface area contributed by atoms with Crippen LogP contribution in [0, 0.1) is 6.92 Å². The normalized spacial score (nSPS) is 12.0. The summed E-state index contributed by atoms with van der Waals surface area (Å²) in [6.07, 6.45) is 1.01. The van der Waals surface area contributed by atoms with E-state index in [1.807, 2.05) is 5.51 Å². The van der Waals surface area contributed by atoms with Gasteiger partial charge in [-0.3, -0.25) is 0 Å². The highest BCUT2D eigenvalue weighted by atomic mass is 32.1. The van der Waals surface area contributed by atoms with E-state index in [4.69, 9.17) is 4.43 Å². The molecule has 13 heavy (non-hydrogen) atoms. The fourth-order valence-corrected chi connectivity index (χ4v) is 2.49. The van der Waals surface area contributed by atoms with E-state index >= 15 is 0 Å². The van der Waals surface area contributed by atoms with Gasteiger partial charge in [-0.25, -0.2) is 4.98 Å². The van der Waals surface area contributed by atoms with Crippen LogP contribution in [0.25, 0.3) is 0 Å². The Labute approximate surface area is 85.1 Å². The van der Waals surface area contributed by atoms with Crippen molar-refractivity contribution in [1.29, 1.82) is 0 Å². The molecule has 1 aromatic rings. The second kappa shape index (κ2) is 4.35. The molecular formula is C9H17NOSSi. The van der Waals surface area contributed by atoms with Crippen LogP contribution in [0.15, 0.2) is 5.51 Å². The molecule has 0 N–H and O–H groups in total. The van der Waals surface area contributed by atoms with E-state index in [-0.39, 0.29) is 0 Å². The van der Waals surface area contributed by atoms with Crippen molar-refractivity contribution in [2.24, 2.45) is 0 Å². The number of nitrogens with zero attached hydrogens (tertiary/aromatic N) is 1. The molecule has 0 saturated heterocycles. The minimum atomic E-state index is -1.32. The van der Waals surface area contributed by atoms with Crippen molar-refractivity contribution in [2.75, 3.05) is 6.61 Å². The van der Waals surface area contributed by atoms with Crippen LogP contribution in [0.1, 0.15) is 10.6 Å². The van der Waals surface area contributed by atoms with Gasteiger partial charge in [-0.2, -0.15) is 0 Å². The third-order valence-electron chi connectivity index (χ3n) is 1.71. The lowest BCUT2D eigenvalue weighted by molar-refractivity contribution is 0.316. The number of aromatic nitrogens is 1. The molecule has 0 bridgehead atoms. The van der Waals surface area contributed by atoms with Gasteiger partial charge in [-0.15, -0.1) is 11.3 Å². The predicted octanol–water partition coefficient (Wildman–Crippen LogP) is 2.85. The molecule has 0 aliphatic heterocycles. The Hall–Kier alpha value is -0.193. The van der Waals surface area contributed by atoms with Crippen LogP contribution in [0.2, 0.25) is 19.6 Å². The molecule has 0 atom stereocenters. The van der Waals surface area contributed by atoms with Crippen LogP contribution < -0.4 is 0 Å². The first kappa shape index (κ1) is 10.9. The number of hydrogen-bond donors (Lipinski definition) is 0. The summed E-state index contributed by atoms with van der Waals surface area (Å²) >= 11 is 1.72. The van der Waals surface area contributed by atoms with E-state index in [0.717, 1.165) is 18.7 Å². The standard InChI is InChI=1S/C9H17NOSSi/c1-8-9(12-7-10-8)5-6-11-13(2,3)4/h7H,5-6H2,1-4H3. The Balaban J connectivity index is 2.32. The molecule has 0 radical (unpaired) electrons. The van der Waals surface area contributed by atoms with E-state index in [0.29, 0.717) is 0 Å². The van der Waals surface area contributed by atoms with Gasteiger partial charge in [0.1, 0.15) is 0 Å². The van der Waals surface area contributed by atoms with Gasteiger partial charge in [-0.1, -0.05) is 0 Å². The maximum atomic E-state index is 5.78. The zero-order valence-corrected chi connectivity index (χ0v) is 10.6. The molecular weight excluding hydrogens is 198 g/mol. The lowest BCUT2D eigenvalue weighted by atomic mass is 10.3. The van der Waals surface area contributed by atoms with Gasteiger partial charge in [0.25, 0.3) is 0 Å². The average Bonchev–Trinajstić information content (AvgIpc) is 2.34. The first-order valence-electron chi connectivity index (χ1n) is 4.52. The van der Waals surface area contributed by atoms with Crippen LogP contribution in [-0.2, 0) is 10.8 Å². The van der Waals surface area contributed by atoms with E-state index in [1.54, 1.807) is 11.3 Å². The topological polar surface area (TPSA) is 22.1 Å². The third kappa shape index (κ3) is 4.02. The van der Waals surface area contributed by atoms with Crippen molar-refractivity contribution in [3.63, 3.8) is 0 Å². The van der Waals surface area contributed by atoms with Gasteiger partial charge in [0, 0.05) is 17.9 Å². The molecule has 4 heteroatoms. The quantitative estimate of drug-likeness (QED) is 0.721. The van der Waals surface area contributed by atoms with Crippen molar-refractivity contribution in [3.05, 3.63) is 16.1 Å². The molecule has 0 aliphatic rings. The third-order valence-corrected chi connectivity index (χ3v) is 3.77. The lowest BCUT2D eigenvalue weighted by Gasteiger charge is -2.16. The van der Waals surface area contributed by atoms with E-state index in [1.165, 1.54) is 4.88 Å². The van der Waals surface area contributed by atoms with Crippen molar-refractivity contribution >= 4 is 19.7 Å². The monoisotopic (exact) mass is 215 g/mol. The summed E-state index contributed by atoms with van der Waals surface area (Å²) in [4.78, 5) is 5.57. The van der Waals surface area contributed by atoms with E-state index in [2.05, 4.69) is 31.5 Å². The van der Waals surface area contributed by atoms with Gasteiger partial charge >= 0.3 is 0 Å². The summed E-state index contributed by atoms with van der Waals surface area (Å²) in [6.45, 7) is 9.55. The molecule has 0 saturated carbocycles. The number of hydrogen-bond acceptors (Lipinski definition) is 3. The Morgan fingerprint density at radius 3 is 2.62 bits per heavy atom. The van der Waals surface area contributed by atoms with E-state index in [9.17, 15) is 0 Å². The average molecular weight is 215 g/mol. The Kier molecular flexibility index (Phi) is 3.64. The molecule has 0 fully saturated rings. The highest BCUT2D eigenvalue weighted by Gasteiger charge is 2.13. The number of thiazole rings is 1. The second-order valence-electron chi connectivity index (χ2n) is 4.07. The summed E-state index contributed by atoms with van der Waals surface area (Å²) in [5, 5.41) is 0. The van der Waals surface area contributed by atoms with Crippen LogP contribution in [0.3, 0.4) is 0 Å². The molecule has 1 aromatic heterocycles. The Bertz CT molecular complexity index is 267. The molecule has 0 unspecified atom stereocenters. The van der Waals surface area contributed by atoms with E-state index < -0.39 is 8.32 Å². The molecule has 0 spiro atoms. The smallest absolute Gasteiger partial charge is 0.183 e. The summed E-state index contributed by atoms with van der Waals surface area (Å²) in [5.74, 6) is 0. The minimum Gasteiger partial charge on any atom is -0.417 e. The molecule has 1 rings (SSSR count). The molecule has 0 aromatic carbocycles. The fraction of sp³-hybridized carbons (Fsp3) is 0.667.